The molecular formula is C17H25NO3. The van der Waals surface area contributed by atoms with E-state index < -0.39 is 0 Å². The Labute approximate surface area is 126 Å². The normalized spacial score (nSPS) is 20.2. The second-order valence-corrected chi connectivity index (χ2v) is 6.26. The molecular weight excluding hydrogens is 266 g/mol. The number of ether oxygens (including phenoxy) is 2. The van der Waals surface area contributed by atoms with Gasteiger partial charge in [0, 0.05) is 37.1 Å². The number of aliphatic hydroxyl groups excluding tert-OH is 1. The van der Waals surface area contributed by atoms with Crippen LogP contribution in [0.5, 0.6) is 11.5 Å². The first-order valence-electron chi connectivity index (χ1n) is 8.02. The van der Waals surface area contributed by atoms with E-state index in [9.17, 15) is 5.11 Å². The van der Waals surface area contributed by atoms with E-state index in [1.54, 1.807) is 0 Å². The molecule has 0 amide bonds. The summed E-state index contributed by atoms with van der Waals surface area (Å²) in [5, 5.41) is 13.2. The van der Waals surface area contributed by atoms with Crippen molar-refractivity contribution in [3.63, 3.8) is 0 Å². The Hall–Kier alpha value is -1.26. The molecule has 1 fully saturated rings. The van der Waals surface area contributed by atoms with E-state index in [1.807, 2.05) is 12.1 Å². The van der Waals surface area contributed by atoms with Crippen LogP contribution in [0.25, 0.3) is 0 Å². The molecule has 1 aliphatic heterocycles. The summed E-state index contributed by atoms with van der Waals surface area (Å²) in [6.45, 7) is 3.34. The molecule has 2 N–H and O–H groups in total. The summed E-state index contributed by atoms with van der Waals surface area (Å²) < 4.78 is 11.6. The van der Waals surface area contributed by atoms with Gasteiger partial charge in [-0.1, -0.05) is 25.0 Å². The second-order valence-electron chi connectivity index (χ2n) is 6.26. The summed E-state index contributed by atoms with van der Waals surface area (Å²) in [6.07, 6.45) is 5.65. The van der Waals surface area contributed by atoms with E-state index in [2.05, 4.69) is 11.4 Å². The van der Waals surface area contributed by atoms with Crippen molar-refractivity contribution in [3.05, 3.63) is 23.8 Å². The van der Waals surface area contributed by atoms with E-state index in [0.717, 1.165) is 56.0 Å². The molecule has 1 aliphatic carbocycles. The third-order valence-corrected chi connectivity index (χ3v) is 4.67. The molecule has 1 heterocycles. The summed E-state index contributed by atoms with van der Waals surface area (Å²) in [6, 6.07) is 6.07. The predicted octanol–water partition coefficient (Wildman–Crippen LogP) is 2.49. The van der Waals surface area contributed by atoms with Crippen LogP contribution in [0.4, 0.5) is 0 Å². The third-order valence-electron chi connectivity index (χ3n) is 4.67. The van der Waals surface area contributed by atoms with E-state index in [1.165, 1.54) is 12.8 Å². The van der Waals surface area contributed by atoms with Gasteiger partial charge in [-0.2, -0.15) is 0 Å². The molecule has 116 valence electrons. The Morgan fingerprint density at radius 2 is 1.90 bits per heavy atom. The first-order chi connectivity index (χ1) is 10.3. The van der Waals surface area contributed by atoms with Crippen molar-refractivity contribution in [2.45, 2.75) is 38.6 Å². The zero-order chi connectivity index (χ0) is 14.5. The van der Waals surface area contributed by atoms with Gasteiger partial charge >= 0.3 is 0 Å². The molecule has 1 aromatic carbocycles. The maximum absolute atomic E-state index is 9.66. The average molecular weight is 291 g/mol. The van der Waals surface area contributed by atoms with Gasteiger partial charge in [-0.15, -0.1) is 0 Å². The van der Waals surface area contributed by atoms with Crippen molar-refractivity contribution < 1.29 is 14.6 Å². The highest BCUT2D eigenvalue weighted by Gasteiger charge is 2.32. The highest BCUT2D eigenvalue weighted by atomic mass is 16.5. The van der Waals surface area contributed by atoms with E-state index in [4.69, 9.17) is 9.47 Å². The summed E-state index contributed by atoms with van der Waals surface area (Å²) >= 11 is 0. The smallest absolute Gasteiger partial charge is 0.165 e. The highest BCUT2D eigenvalue weighted by molar-refractivity contribution is 5.47. The predicted molar refractivity (Wildman–Crippen MR) is 81.7 cm³/mol. The zero-order valence-electron chi connectivity index (χ0n) is 12.6. The Kier molecular flexibility index (Phi) is 4.66. The molecule has 0 aromatic heterocycles. The molecule has 21 heavy (non-hydrogen) atoms. The van der Waals surface area contributed by atoms with Crippen molar-refractivity contribution in [2.24, 2.45) is 5.41 Å². The molecule has 0 unspecified atom stereocenters. The van der Waals surface area contributed by atoms with Gasteiger partial charge in [0.2, 0.25) is 0 Å². The fourth-order valence-corrected chi connectivity index (χ4v) is 3.37. The molecule has 4 nitrogen and oxygen atoms in total. The van der Waals surface area contributed by atoms with Gasteiger partial charge in [-0.05, 0) is 18.9 Å². The monoisotopic (exact) mass is 291 g/mol. The quantitative estimate of drug-likeness (QED) is 0.875. The summed E-state index contributed by atoms with van der Waals surface area (Å²) in [5.74, 6) is 1.73. The van der Waals surface area contributed by atoms with Gasteiger partial charge in [0.15, 0.2) is 11.5 Å². The maximum Gasteiger partial charge on any atom is 0.165 e. The molecule has 1 aromatic rings. The van der Waals surface area contributed by atoms with Crippen LogP contribution in [-0.4, -0.2) is 31.5 Å². The molecule has 3 rings (SSSR count). The number of aliphatic hydroxyl groups is 1. The first-order valence-corrected chi connectivity index (χ1v) is 8.02. The van der Waals surface area contributed by atoms with Gasteiger partial charge in [0.05, 0.1) is 13.2 Å². The number of fused-ring (bicyclic) bond motifs is 1. The average Bonchev–Trinajstić information content (AvgIpc) is 2.85. The Morgan fingerprint density at radius 3 is 2.71 bits per heavy atom. The van der Waals surface area contributed by atoms with Gasteiger partial charge in [0.25, 0.3) is 0 Å². The second kappa shape index (κ2) is 6.67. The molecule has 0 saturated heterocycles. The zero-order valence-corrected chi connectivity index (χ0v) is 12.6. The molecule has 2 aliphatic rings. The SMILES string of the molecule is OCC1(CNCc2cccc3c2OCCCO3)CCCC1. The lowest BCUT2D eigenvalue weighted by molar-refractivity contribution is 0.128. The molecule has 0 bridgehead atoms. The molecule has 0 atom stereocenters. The molecule has 0 spiro atoms. The van der Waals surface area contributed by atoms with Gasteiger partial charge in [-0.25, -0.2) is 0 Å². The van der Waals surface area contributed by atoms with E-state index in [-0.39, 0.29) is 12.0 Å². The number of hydrogen-bond donors (Lipinski definition) is 2. The topological polar surface area (TPSA) is 50.7 Å². The highest BCUT2D eigenvalue weighted by Crippen LogP contribution is 2.37. The number of hydrogen-bond acceptors (Lipinski definition) is 4. The summed E-state index contributed by atoms with van der Waals surface area (Å²) in [7, 11) is 0. The maximum atomic E-state index is 9.66. The lowest BCUT2D eigenvalue weighted by Crippen LogP contribution is -2.34. The van der Waals surface area contributed by atoms with Crippen LogP contribution in [0.1, 0.15) is 37.7 Å². The molecule has 0 radical (unpaired) electrons. The minimum atomic E-state index is 0.0864. The van der Waals surface area contributed by atoms with Crippen molar-refractivity contribution in [1.29, 1.82) is 0 Å². The lowest BCUT2D eigenvalue weighted by Gasteiger charge is -2.27. The molecule has 1 saturated carbocycles. The minimum absolute atomic E-state index is 0.0864. The van der Waals surface area contributed by atoms with Crippen LogP contribution < -0.4 is 14.8 Å². The molecule has 4 heteroatoms. The number of rotatable bonds is 5. The summed E-state index contributed by atoms with van der Waals surface area (Å²) in [4.78, 5) is 0. The van der Waals surface area contributed by atoms with Crippen molar-refractivity contribution in [1.82, 2.24) is 5.32 Å². The van der Waals surface area contributed by atoms with Crippen LogP contribution in [0.3, 0.4) is 0 Å². The van der Waals surface area contributed by atoms with E-state index in [0.29, 0.717) is 6.61 Å². The Bertz CT molecular complexity index is 469. The van der Waals surface area contributed by atoms with Crippen molar-refractivity contribution >= 4 is 0 Å². The van der Waals surface area contributed by atoms with Crippen LogP contribution in [0.15, 0.2) is 18.2 Å². The standard InChI is InChI=1S/C17H25NO3/c19-13-17(7-1-2-8-17)12-18-11-14-5-3-6-15-16(14)21-10-4-9-20-15/h3,5-6,18-19H,1-2,4,7-13H2. The fraction of sp³-hybridized carbons (Fsp3) is 0.647. The van der Waals surface area contributed by atoms with E-state index >= 15 is 0 Å². The number of para-hydroxylation sites is 1. The summed E-state index contributed by atoms with van der Waals surface area (Å²) in [5.41, 5.74) is 1.23. The minimum Gasteiger partial charge on any atom is -0.490 e. The van der Waals surface area contributed by atoms with Crippen molar-refractivity contribution in [3.8, 4) is 11.5 Å². The van der Waals surface area contributed by atoms with Crippen LogP contribution in [-0.2, 0) is 6.54 Å². The lowest BCUT2D eigenvalue weighted by atomic mass is 9.87. The number of benzene rings is 1. The fourth-order valence-electron chi connectivity index (χ4n) is 3.37. The van der Waals surface area contributed by atoms with Gasteiger partial charge in [0.1, 0.15) is 0 Å². The van der Waals surface area contributed by atoms with Crippen molar-refractivity contribution in [2.75, 3.05) is 26.4 Å². The Morgan fingerprint density at radius 1 is 1.10 bits per heavy atom. The third kappa shape index (κ3) is 3.33. The largest absolute Gasteiger partial charge is 0.490 e. The van der Waals surface area contributed by atoms with Crippen LogP contribution in [0.2, 0.25) is 0 Å². The van der Waals surface area contributed by atoms with Gasteiger partial charge < -0.3 is 19.9 Å². The van der Waals surface area contributed by atoms with Crippen LogP contribution >= 0.6 is 0 Å². The van der Waals surface area contributed by atoms with Crippen LogP contribution in [0, 0.1) is 5.41 Å². The van der Waals surface area contributed by atoms with Gasteiger partial charge in [-0.3, -0.25) is 0 Å². The first kappa shape index (κ1) is 14.7. The Balaban J connectivity index is 1.63. The number of nitrogens with one attached hydrogen (secondary N) is 1.